The molecule has 162 valence electrons. The highest BCUT2D eigenvalue weighted by Gasteiger charge is 2.18. The van der Waals surface area contributed by atoms with Crippen LogP contribution in [-0.2, 0) is 16.1 Å². The minimum atomic E-state index is -0.781. The van der Waals surface area contributed by atoms with Crippen LogP contribution < -0.4 is 16.0 Å². The maximum absolute atomic E-state index is 12.7. The first-order chi connectivity index (χ1) is 15.0. The van der Waals surface area contributed by atoms with Crippen LogP contribution in [0.25, 0.3) is 0 Å². The van der Waals surface area contributed by atoms with Crippen LogP contribution in [0.2, 0.25) is 0 Å². The molecular formula is C25H29N3O3. The molecule has 0 atom stereocenters. The number of para-hydroxylation sites is 1. The first-order valence-electron chi connectivity index (χ1n) is 10.7. The van der Waals surface area contributed by atoms with Crippen molar-refractivity contribution in [2.75, 3.05) is 11.9 Å². The molecule has 0 aliphatic heterocycles. The molecular weight excluding hydrogens is 390 g/mol. The van der Waals surface area contributed by atoms with Gasteiger partial charge in [0.25, 0.3) is 5.91 Å². The van der Waals surface area contributed by atoms with Crippen LogP contribution in [0.15, 0.2) is 60.2 Å². The summed E-state index contributed by atoms with van der Waals surface area (Å²) in [6.45, 7) is 2.79. The molecule has 3 amide bonds. The summed E-state index contributed by atoms with van der Waals surface area (Å²) in [5.41, 5.74) is 4.06. The zero-order chi connectivity index (χ0) is 22.1. The molecule has 0 saturated carbocycles. The van der Waals surface area contributed by atoms with Crippen molar-refractivity contribution in [3.8, 4) is 0 Å². The number of carbonyl (C=O) groups excluding carboxylic acids is 3. The van der Waals surface area contributed by atoms with E-state index in [1.807, 2.05) is 31.2 Å². The maximum atomic E-state index is 12.7. The molecule has 0 saturated heterocycles. The van der Waals surface area contributed by atoms with E-state index in [0.29, 0.717) is 24.3 Å². The average molecular weight is 420 g/mol. The lowest BCUT2D eigenvalue weighted by Crippen LogP contribution is -2.36. The molecule has 3 N–H and O–H groups in total. The molecule has 2 aromatic rings. The zero-order valence-corrected chi connectivity index (χ0v) is 17.9. The summed E-state index contributed by atoms with van der Waals surface area (Å²) in [6, 6.07) is 14.5. The van der Waals surface area contributed by atoms with Crippen molar-refractivity contribution < 1.29 is 14.4 Å². The van der Waals surface area contributed by atoms with Gasteiger partial charge in [0.05, 0.1) is 11.3 Å². The molecule has 0 heterocycles. The lowest BCUT2D eigenvalue weighted by Gasteiger charge is -2.14. The second kappa shape index (κ2) is 11.1. The Morgan fingerprint density at radius 1 is 0.903 bits per heavy atom. The van der Waals surface area contributed by atoms with E-state index in [0.717, 1.165) is 30.4 Å². The molecule has 0 fully saturated rings. The van der Waals surface area contributed by atoms with Crippen LogP contribution in [0.3, 0.4) is 0 Å². The number of carbonyl (C=O) groups is 3. The molecule has 1 aliphatic rings. The Morgan fingerprint density at radius 3 is 2.45 bits per heavy atom. The van der Waals surface area contributed by atoms with Gasteiger partial charge in [0.2, 0.25) is 0 Å². The molecule has 0 spiro atoms. The summed E-state index contributed by atoms with van der Waals surface area (Å²) < 4.78 is 0. The van der Waals surface area contributed by atoms with E-state index in [-0.39, 0.29) is 5.91 Å². The molecule has 2 aromatic carbocycles. The van der Waals surface area contributed by atoms with Crippen LogP contribution in [-0.4, -0.2) is 24.3 Å². The highest BCUT2D eigenvalue weighted by Crippen LogP contribution is 2.19. The maximum Gasteiger partial charge on any atom is 0.313 e. The van der Waals surface area contributed by atoms with Gasteiger partial charge in [-0.1, -0.05) is 48.0 Å². The number of rotatable bonds is 7. The normalized spacial score (nSPS) is 13.1. The summed E-state index contributed by atoms with van der Waals surface area (Å²) >= 11 is 0. The fraction of sp³-hybridized carbons (Fsp3) is 0.320. The van der Waals surface area contributed by atoms with Gasteiger partial charge in [0.1, 0.15) is 0 Å². The van der Waals surface area contributed by atoms with Gasteiger partial charge in [-0.3, -0.25) is 14.4 Å². The predicted octanol–water partition coefficient (Wildman–Crippen LogP) is 3.87. The number of benzene rings is 2. The Labute approximate surface area is 183 Å². The van der Waals surface area contributed by atoms with Gasteiger partial charge in [0.15, 0.2) is 0 Å². The molecule has 0 unspecified atom stereocenters. The van der Waals surface area contributed by atoms with E-state index in [1.165, 1.54) is 18.4 Å². The molecule has 0 bridgehead atoms. The van der Waals surface area contributed by atoms with E-state index in [2.05, 4.69) is 22.0 Å². The minimum Gasteiger partial charge on any atom is -0.348 e. The summed E-state index contributed by atoms with van der Waals surface area (Å²) in [4.78, 5) is 37.2. The third-order valence-corrected chi connectivity index (χ3v) is 5.44. The molecule has 0 radical (unpaired) electrons. The van der Waals surface area contributed by atoms with Gasteiger partial charge in [-0.15, -0.1) is 0 Å². The SMILES string of the molecule is Cc1ccccc1CNC(=O)c1ccccc1NC(=O)C(=O)NCCC1=CCCCC1. The van der Waals surface area contributed by atoms with Crippen LogP contribution in [0, 0.1) is 6.92 Å². The fourth-order valence-corrected chi connectivity index (χ4v) is 3.60. The molecule has 1 aliphatic carbocycles. The van der Waals surface area contributed by atoms with Crippen molar-refractivity contribution >= 4 is 23.4 Å². The monoisotopic (exact) mass is 419 g/mol. The number of hydrogen-bond acceptors (Lipinski definition) is 3. The average Bonchev–Trinajstić information content (AvgIpc) is 2.79. The first kappa shape index (κ1) is 22.3. The molecule has 31 heavy (non-hydrogen) atoms. The Balaban J connectivity index is 1.54. The highest BCUT2D eigenvalue weighted by atomic mass is 16.2. The molecule has 3 rings (SSSR count). The number of hydrogen-bond donors (Lipinski definition) is 3. The largest absolute Gasteiger partial charge is 0.348 e. The smallest absolute Gasteiger partial charge is 0.313 e. The second-order valence-electron chi connectivity index (χ2n) is 7.72. The third kappa shape index (κ3) is 6.54. The van der Waals surface area contributed by atoms with E-state index in [9.17, 15) is 14.4 Å². The van der Waals surface area contributed by atoms with Crippen LogP contribution in [0.5, 0.6) is 0 Å². The van der Waals surface area contributed by atoms with Crippen molar-refractivity contribution in [2.45, 2.75) is 45.6 Å². The summed E-state index contributed by atoms with van der Waals surface area (Å²) in [7, 11) is 0. The van der Waals surface area contributed by atoms with Crippen molar-refractivity contribution in [2.24, 2.45) is 0 Å². The van der Waals surface area contributed by atoms with Gasteiger partial charge in [-0.05, 0) is 62.3 Å². The highest BCUT2D eigenvalue weighted by molar-refractivity contribution is 6.40. The Hall–Kier alpha value is -3.41. The minimum absolute atomic E-state index is 0.305. The van der Waals surface area contributed by atoms with Gasteiger partial charge in [0, 0.05) is 13.1 Å². The van der Waals surface area contributed by atoms with Gasteiger partial charge < -0.3 is 16.0 Å². The number of allylic oxidation sites excluding steroid dienone is 1. The van der Waals surface area contributed by atoms with Crippen LogP contribution >= 0.6 is 0 Å². The Kier molecular flexibility index (Phi) is 7.98. The topological polar surface area (TPSA) is 87.3 Å². The van der Waals surface area contributed by atoms with Gasteiger partial charge >= 0.3 is 11.8 Å². The van der Waals surface area contributed by atoms with Gasteiger partial charge in [-0.2, -0.15) is 0 Å². The number of amides is 3. The number of aryl methyl sites for hydroxylation is 1. The van der Waals surface area contributed by atoms with E-state index in [4.69, 9.17) is 0 Å². The fourth-order valence-electron chi connectivity index (χ4n) is 3.60. The second-order valence-corrected chi connectivity index (χ2v) is 7.72. The van der Waals surface area contributed by atoms with Crippen molar-refractivity contribution in [3.63, 3.8) is 0 Å². The Bertz CT molecular complexity index is 981. The van der Waals surface area contributed by atoms with Crippen molar-refractivity contribution in [3.05, 3.63) is 76.9 Å². The lowest BCUT2D eigenvalue weighted by atomic mass is 9.97. The van der Waals surface area contributed by atoms with Crippen molar-refractivity contribution in [1.82, 2.24) is 10.6 Å². The van der Waals surface area contributed by atoms with E-state index >= 15 is 0 Å². The lowest BCUT2D eigenvalue weighted by molar-refractivity contribution is -0.136. The van der Waals surface area contributed by atoms with Gasteiger partial charge in [-0.25, -0.2) is 0 Å². The summed E-state index contributed by atoms with van der Waals surface area (Å²) in [6.07, 6.45) is 7.54. The molecule has 6 heteroatoms. The van der Waals surface area contributed by atoms with E-state index < -0.39 is 11.8 Å². The van der Waals surface area contributed by atoms with E-state index in [1.54, 1.807) is 24.3 Å². The quantitative estimate of drug-likeness (QED) is 0.470. The van der Waals surface area contributed by atoms with Crippen LogP contribution in [0.1, 0.15) is 53.6 Å². The summed E-state index contributed by atoms with van der Waals surface area (Å²) in [5.74, 6) is -1.80. The molecule has 6 nitrogen and oxygen atoms in total. The zero-order valence-electron chi connectivity index (χ0n) is 17.9. The van der Waals surface area contributed by atoms with Crippen LogP contribution in [0.4, 0.5) is 5.69 Å². The Morgan fingerprint density at radius 2 is 1.68 bits per heavy atom. The standard InChI is InChI=1S/C25H29N3O3/c1-18-9-5-6-12-20(18)17-27-23(29)21-13-7-8-14-22(21)28-25(31)24(30)26-16-15-19-10-3-2-4-11-19/h5-10,12-14H,2-4,11,15-17H2,1H3,(H,26,30)(H,27,29)(H,28,31). The molecule has 0 aromatic heterocycles. The third-order valence-electron chi connectivity index (χ3n) is 5.44. The number of anilines is 1. The van der Waals surface area contributed by atoms with Crippen molar-refractivity contribution in [1.29, 1.82) is 0 Å². The first-order valence-corrected chi connectivity index (χ1v) is 10.7. The predicted molar refractivity (Wildman–Crippen MR) is 122 cm³/mol. The summed E-state index contributed by atoms with van der Waals surface area (Å²) in [5, 5.41) is 8.09. The number of nitrogens with one attached hydrogen (secondary N) is 3.